The third-order valence-corrected chi connectivity index (χ3v) is 7.07. The van der Waals surface area contributed by atoms with Crippen molar-refractivity contribution in [1.29, 1.82) is 0 Å². The van der Waals surface area contributed by atoms with Crippen LogP contribution in [0.3, 0.4) is 0 Å². The molecule has 0 aromatic heterocycles. The molecule has 0 aromatic carbocycles. The van der Waals surface area contributed by atoms with E-state index in [4.69, 9.17) is 14.2 Å². The van der Waals surface area contributed by atoms with Crippen LogP contribution < -0.4 is 0 Å². The summed E-state index contributed by atoms with van der Waals surface area (Å²) in [5.41, 5.74) is 2.67. The van der Waals surface area contributed by atoms with Crippen LogP contribution in [0.15, 0.2) is 11.1 Å². The molecule has 180 valence electrons. The highest BCUT2D eigenvalue weighted by Gasteiger charge is 2.47. The quantitative estimate of drug-likeness (QED) is 0.266. The minimum absolute atomic E-state index is 0.0917. The van der Waals surface area contributed by atoms with E-state index >= 15 is 0 Å². The molecule has 0 bridgehead atoms. The molecule has 3 aliphatic rings. The van der Waals surface area contributed by atoms with E-state index in [1.807, 2.05) is 20.8 Å². The lowest BCUT2D eigenvalue weighted by atomic mass is 9.73. The molecule has 0 radical (unpaired) electrons. The van der Waals surface area contributed by atoms with Gasteiger partial charge in [0.05, 0.1) is 0 Å². The van der Waals surface area contributed by atoms with Crippen molar-refractivity contribution in [2.45, 2.75) is 123 Å². The number of carbonyl (C=O) groups excluding carboxylic acids is 3. The van der Waals surface area contributed by atoms with Gasteiger partial charge in [-0.15, -0.1) is 0 Å². The molecule has 3 aliphatic carbocycles. The minimum atomic E-state index is -0.238. The van der Waals surface area contributed by atoms with Crippen LogP contribution in [-0.4, -0.2) is 36.2 Å². The van der Waals surface area contributed by atoms with Crippen LogP contribution in [0.1, 0.15) is 104 Å². The molecule has 6 nitrogen and oxygen atoms in total. The molecule has 0 aliphatic heterocycles. The van der Waals surface area contributed by atoms with Crippen LogP contribution in [0, 0.1) is 11.8 Å². The Morgan fingerprint density at radius 2 is 1.28 bits per heavy atom. The highest BCUT2D eigenvalue weighted by Crippen LogP contribution is 2.50. The largest absolute Gasteiger partial charge is 0.462 e. The Labute approximate surface area is 192 Å². The van der Waals surface area contributed by atoms with Crippen LogP contribution in [0.25, 0.3) is 0 Å². The number of carbonyl (C=O) groups is 3. The van der Waals surface area contributed by atoms with Gasteiger partial charge in [0, 0.05) is 37.5 Å². The summed E-state index contributed by atoms with van der Waals surface area (Å²) in [5, 5.41) is 0. The number of hydrogen-bond acceptors (Lipinski definition) is 6. The highest BCUT2D eigenvalue weighted by molar-refractivity contribution is 5.70. The van der Waals surface area contributed by atoms with E-state index in [0.717, 1.165) is 44.9 Å². The third-order valence-electron chi connectivity index (χ3n) is 7.07. The molecule has 0 saturated heterocycles. The summed E-state index contributed by atoms with van der Waals surface area (Å²) in [4.78, 5) is 36.9. The summed E-state index contributed by atoms with van der Waals surface area (Å²) < 4.78 is 17.7. The maximum atomic E-state index is 12.4. The van der Waals surface area contributed by atoms with Gasteiger partial charge in [0.15, 0.2) is 0 Å². The van der Waals surface area contributed by atoms with E-state index in [1.165, 1.54) is 11.1 Å². The van der Waals surface area contributed by atoms with Crippen molar-refractivity contribution >= 4 is 17.9 Å². The van der Waals surface area contributed by atoms with E-state index in [9.17, 15) is 14.4 Å². The number of rotatable bonds is 9. The zero-order valence-corrected chi connectivity index (χ0v) is 20.0. The first kappa shape index (κ1) is 24.8. The Balaban J connectivity index is 1.86. The first-order valence-electron chi connectivity index (χ1n) is 12.8. The number of ether oxygens (including phenoxy) is 3. The fourth-order valence-corrected chi connectivity index (χ4v) is 5.70. The van der Waals surface area contributed by atoms with Gasteiger partial charge < -0.3 is 14.2 Å². The molecule has 0 aromatic rings. The maximum absolute atomic E-state index is 12.4. The van der Waals surface area contributed by atoms with Gasteiger partial charge in [-0.25, -0.2) is 0 Å². The molecule has 0 heterocycles. The summed E-state index contributed by atoms with van der Waals surface area (Å²) in [6.07, 6.45) is 9.07. The average molecular weight is 449 g/mol. The molecule has 0 N–H and O–H groups in total. The van der Waals surface area contributed by atoms with Crippen molar-refractivity contribution in [2.24, 2.45) is 11.8 Å². The second kappa shape index (κ2) is 11.9. The molecule has 5 atom stereocenters. The number of esters is 3. The average Bonchev–Trinajstić information content (AvgIpc) is 3.05. The second-order valence-corrected chi connectivity index (χ2v) is 9.60. The monoisotopic (exact) mass is 448 g/mol. The molecule has 6 heteroatoms. The lowest BCUT2D eigenvalue weighted by Crippen LogP contribution is -2.39. The molecule has 5 unspecified atom stereocenters. The summed E-state index contributed by atoms with van der Waals surface area (Å²) >= 11 is 0. The molecule has 0 spiro atoms. The molecule has 32 heavy (non-hydrogen) atoms. The zero-order valence-electron chi connectivity index (χ0n) is 20.0. The number of fused-ring (bicyclic) bond motifs is 2. The molecule has 3 rings (SSSR count). The minimum Gasteiger partial charge on any atom is -0.462 e. The lowest BCUT2D eigenvalue weighted by Gasteiger charge is -2.39. The molecule has 0 amide bonds. The van der Waals surface area contributed by atoms with E-state index < -0.39 is 0 Å². The van der Waals surface area contributed by atoms with Gasteiger partial charge in [-0.05, 0) is 57.8 Å². The summed E-state index contributed by atoms with van der Waals surface area (Å²) in [7, 11) is 0. The van der Waals surface area contributed by atoms with Crippen LogP contribution in [0.5, 0.6) is 0 Å². The molecular formula is C26H40O6. The molecular weight excluding hydrogens is 408 g/mol. The number of hydrogen-bond donors (Lipinski definition) is 0. The van der Waals surface area contributed by atoms with Crippen molar-refractivity contribution in [3.8, 4) is 0 Å². The normalized spacial score (nSPS) is 29.5. The van der Waals surface area contributed by atoms with Crippen LogP contribution in [0.2, 0.25) is 0 Å². The fourth-order valence-electron chi connectivity index (χ4n) is 5.70. The van der Waals surface area contributed by atoms with Crippen LogP contribution in [-0.2, 0) is 28.6 Å². The Hall–Kier alpha value is -1.85. The van der Waals surface area contributed by atoms with Gasteiger partial charge in [0.25, 0.3) is 0 Å². The molecule has 2 fully saturated rings. The van der Waals surface area contributed by atoms with Gasteiger partial charge in [-0.3, -0.25) is 14.4 Å². The van der Waals surface area contributed by atoms with Gasteiger partial charge in [0.2, 0.25) is 0 Å². The molecule has 2 saturated carbocycles. The van der Waals surface area contributed by atoms with Gasteiger partial charge in [-0.2, -0.15) is 0 Å². The van der Waals surface area contributed by atoms with Gasteiger partial charge in [0.1, 0.15) is 18.3 Å². The van der Waals surface area contributed by atoms with Crippen molar-refractivity contribution < 1.29 is 28.6 Å². The Kier molecular flexibility index (Phi) is 9.18. The van der Waals surface area contributed by atoms with Crippen LogP contribution >= 0.6 is 0 Å². The topological polar surface area (TPSA) is 78.9 Å². The fraction of sp³-hybridized carbons (Fsp3) is 0.808. The van der Waals surface area contributed by atoms with Crippen molar-refractivity contribution in [1.82, 2.24) is 0 Å². The van der Waals surface area contributed by atoms with Crippen molar-refractivity contribution in [3.63, 3.8) is 0 Å². The predicted octanol–water partition coefficient (Wildman–Crippen LogP) is 5.42. The highest BCUT2D eigenvalue weighted by atomic mass is 16.6. The summed E-state index contributed by atoms with van der Waals surface area (Å²) in [6.45, 7) is 5.92. The van der Waals surface area contributed by atoms with E-state index in [0.29, 0.717) is 38.5 Å². The zero-order chi connectivity index (χ0) is 23.1. The van der Waals surface area contributed by atoms with Crippen molar-refractivity contribution in [3.05, 3.63) is 11.1 Å². The van der Waals surface area contributed by atoms with Crippen molar-refractivity contribution in [2.75, 3.05) is 0 Å². The van der Waals surface area contributed by atoms with Crippen LogP contribution in [0.4, 0.5) is 0 Å². The maximum Gasteiger partial charge on any atom is 0.306 e. The summed E-state index contributed by atoms with van der Waals surface area (Å²) in [5.74, 6) is -0.256. The third kappa shape index (κ3) is 6.14. The van der Waals surface area contributed by atoms with Gasteiger partial charge in [-0.1, -0.05) is 31.9 Å². The lowest BCUT2D eigenvalue weighted by molar-refractivity contribution is -0.158. The Morgan fingerprint density at radius 1 is 0.719 bits per heavy atom. The van der Waals surface area contributed by atoms with E-state index in [-0.39, 0.29) is 48.1 Å². The SMILES string of the molecule is CCCC(=O)OC1CC2=C3CCCCC(OC(=O)CCC)C3CC(OC(=O)CCC)C2C1. The Bertz CT molecular complexity index is 711. The van der Waals surface area contributed by atoms with E-state index in [1.54, 1.807) is 0 Å². The smallest absolute Gasteiger partial charge is 0.306 e. The standard InChI is InChI=1S/C26H40O6/c1-4-9-24(27)30-17-14-19-18-12-7-8-13-22(31-25(28)10-5-2)21(18)16-23(20(19)15-17)32-26(29)11-6-3/h17,20-23H,4-16H2,1-3H3. The predicted molar refractivity (Wildman–Crippen MR) is 121 cm³/mol. The Morgan fingerprint density at radius 3 is 1.91 bits per heavy atom. The van der Waals surface area contributed by atoms with Gasteiger partial charge >= 0.3 is 17.9 Å². The first-order valence-corrected chi connectivity index (χ1v) is 12.8. The first-order chi connectivity index (χ1) is 15.5. The van der Waals surface area contributed by atoms with E-state index in [2.05, 4.69) is 0 Å². The second-order valence-electron chi connectivity index (χ2n) is 9.60. The summed E-state index contributed by atoms with van der Waals surface area (Å²) in [6, 6.07) is 0.